The highest BCUT2D eigenvalue weighted by Crippen LogP contribution is 2.28. The molecule has 5 heteroatoms. The Morgan fingerprint density at radius 2 is 2.37 bits per heavy atom. The van der Waals surface area contributed by atoms with Gasteiger partial charge in [-0.3, -0.25) is 4.90 Å². The van der Waals surface area contributed by atoms with Gasteiger partial charge in [-0.2, -0.15) is 11.3 Å². The Morgan fingerprint density at radius 1 is 1.47 bits per heavy atom. The minimum atomic E-state index is 0.625. The van der Waals surface area contributed by atoms with E-state index < -0.39 is 0 Å². The summed E-state index contributed by atoms with van der Waals surface area (Å²) in [5.74, 6) is 0.657. The highest BCUT2D eigenvalue weighted by atomic mass is 32.1. The van der Waals surface area contributed by atoms with E-state index in [9.17, 15) is 0 Å². The lowest BCUT2D eigenvalue weighted by atomic mass is 10.1. The summed E-state index contributed by atoms with van der Waals surface area (Å²) in [5.41, 5.74) is 8.22. The van der Waals surface area contributed by atoms with Gasteiger partial charge in [0.1, 0.15) is 5.01 Å². The van der Waals surface area contributed by atoms with Crippen LogP contribution in [0.5, 0.6) is 0 Å². The fourth-order valence-corrected chi connectivity index (χ4v) is 4.24. The minimum absolute atomic E-state index is 0.625. The van der Waals surface area contributed by atoms with Crippen molar-refractivity contribution in [1.82, 2.24) is 9.88 Å². The van der Waals surface area contributed by atoms with Gasteiger partial charge >= 0.3 is 0 Å². The van der Waals surface area contributed by atoms with Crippen LogP contribution in [0, 0.1) is 5.92 Å². The topological polar surface area (TPSA) is 42.1 Å². The van der Waals surface area contributed by atoms with Crippen LogP contribution >= 0.6 is 22.7 Å². The van der Waals surface area contributed by atoms with Gasteiger partial charge in [0.15, 0.2) is 0 Å². The van der Waals surface area contributed by atoms with Crippen LogP contribution in [-0.4, -0.2) is 29.0 Å². The summed E-state index contributed by atoms with van der Waals surface area (Å²) in [6.07, 6.45) is 1.22. The SMILES string of the molecule is CC1CC(CN)CN1Cc1csc(-c2ccsc2)n1. The maximum atomic E-state index is 5.78. The van der Waals surface area contributed by atoms with Crippen LogP contribution in [0.1, 0.15) is 19.0 Å². The quantitative estimate of drug-likeness (QED) is 0.942. The lowest BCUT2D eigenvalue weighted by molar-refractivity contribution is 0.253. The predicted molar refractivity (Wildman–Crippen MR) is 82.5 cm³/mol. The maximum Gasteiger partial charge on any atom is 0.124 e. The number of nitrogens with two attached hydrogens (primary N) is 1. The molecule has 2 aromatic heterocycles. The first-order valence-corrected chi connectivity index (χ1v) is 8.49. The van der Waals surface area contributed by atoms with Gasteiger partial charge in [-0.05, 0) is 37.3 Å². The second kappa shape index (κ2) is 5.71. The van der Waals surface area contributed by atoms with E-state index in [0.29, 0.717) is 12.0 Å². The molecule has 3 rings (SSSR count). The monoisotopic (exact) mass is 293 g/mol. The van der Waals surface area contributed by atoms with E-state index >= 15 is 0 Å². The third kappa shape index (κ3) is 2.89. The third-order valence-electron chi connectivity index (χ3n) is 3.81. The summed E-state index contributed by atoms with van der Waals surface area (Å²) in [6, 6.07) is 2.76. The van der Waals surface area contributed by atoms with Gasteiger partial charge in [0, 0.05) is 35.5 Å². The molecule has 0 aliphatic carbocycles. The van der Waals surface area contributed by atoms with E-state index in [4.69, 9.17) is 10.7 Å². The molecule has 0 saturated carbocycles. The summed E-state index contributed by atoms with van der Waals surface area (Å²) < 4.78 is 0. The standard InChI is InChI=1S/C14H19N3S2/c1-10-4-11(5-15)6-17(10)7-13-9-19-14(16-13)12-2-3-18-8-12/h2-3,8-11H,4-7,15H2,1H3. The number of likely N-dealkylation sites (tertiary alicyclic amines) is 1. The van der Waals surface area contributed by atoms with Gasteiger partial charge in [-0.15, -0.1) is 11.3 Å². The molecule has 1 aliphatic heterocycles. The summed E-state index contributed by atoms with van der Waals surface area (Å²) in [4.78, 5) is 7.26. The normalized spacial score (nSPS) is 24.1. The molecular weight excluding hydrogens is 274 g/mol. The summed E-state index contributed by atoms with van der Waals surface area (Å²) in [5, 5.41) is 7.59. The fraction of sp³-hybridized carbons (Fsp3) is 0.500. The molecular formula is C14H19N3S2. The zero-order valence-electron chi connectivity index (χ0n) is 11.1. The molecule has 19 heavy (non-hydrogen) atoms. The van der Waals surface area contributed by atoms with E-state index in [1.54, 1.807) is 22.7 Å². The molecule has 2 aromatic rings. The minimum Gasteiger partial charge on any atom is -0.330 e. The van der Waals surface area contributed by atoms with Gasteiger partial charge in [0.05, 0.1) is 5.69 Å². The lowest BCUT2D eigenvalue weighted by Crippen LogP contribution is -2.27. The highest BCUT2D eigenvalue weighted by Gasteiger charge is 2.28. The number of hydrogen-bond acceptors (Lipinski definition) is 5. The smallest absolute Gasteiger partial charge is 0.124 e. The van der Waals surface area contributed by atoms with Crippen molar-refractivity contribution in [1.29, 1.82) is 0 Å². The summed E-state index contributed by atoms with van der Waals surface area (Å²) >= 11 is 3.47. The first kappa shape index (κ1) is 13.2. The first-order chi connectivity index (χ1) is 9.26. The maximum absolute atomic E-state index is 5.78. The Balaban J connectivity index is 1.68. The van der Waals surface area contributed by atoms with E-state index in [-0.39, 0.29) is 0 Å². The Labute approximate surface area is 122 Å². The van der Waals surface area contributed by atoms with Crippen LogP contribution in [-0.2, 0) is 6.54 Å². The molecule has 1 saturated heterocycles. The van der Waals surface area contributed by atoms with Crippen LogP contribution in [0.3, 0.4) is 0 Å². The number of nitrogens with zero attached hydrogens (tertiary/aromatic N) is 2. The van der Waals surface area contributed by atoms with Crippen molar-refractivity contribution >= 4 is 22.7 Å². The fourth-order valence-electron chi connectivity index (χ4n) is 2.72. The Morgan fingerprint density at radius 3 is 3.05 bits per heavy atom. The number of rotatable bonds is 4. The van der Waals surface area contributed by atoms with Crippen molar-refractivity contribution in [2.45, 2.75) is 25.9 Å². The van der Waals surface area contributed by atoms with Gasteiger partial charge in [0.25, 0.3) is 0 Å². The van der Waals surface area contributed by atoms with Crippen molar-refractivity contribution in [2.75, 3.05) is 13.1 Å². The lowest BCUT2D eigenvalue weighted by Gasteiger charge is -2.19. The largest absolute Gasteiger partial charge is 0.330 e. The van der Waals surface area contributed by atoms with Crippen molar-refractivity contribution < 1.29 is 0 Å². The second-order valence-corrected chi connectivity index (χ2v) is 6.91. The number of aromatic nitrogens is 1. The van der Waals surface area contributed by atoms with Gasteiger partial charge in [-0.25, -0.2) is 4.98 Å². The van der Waals surface area contributed by atoms with Crippen LogP contribution in [0.15, 0.2) is 22.2 Å². The Hall–Kier alpha value is -0.750. The second-order valence-electron chi connectivity index (χ2n) is 5.27. The Kier molecular flexibility index (Phi) is 3.98. The third-order valence-corrected chi connectivity index (χ3v) is 5.43. The van der Waals surface area contributed by atoms with Crippen LogP contribution in [0.25, 0.3) is 10.6 Å². The predicted octanol–water partition coefficient (Wildman–Crippen LogP) is 3.04. The van der Waals surface area contributed by atoms with E-state index in [1.807, 2.05) is 0 Å². The molecule has 1 fully saturated rings. The molecule has 2 atom stereocenters. The zero-order valence-corrected chi connectivity index (χ0v) is 12.7. The van der Waals surface area contributed by atoms with E-state index in [1.165, 1.54) is 17.7 Å². The number of thiophene rings is 1. The van der Waals surface area contributed by atoms with Crippen LogP contribution < -0.4 is 5.73 Å². The van der Waals surface area contributed by atoms with Crippen molar-refractivity contribution in [2.24, 2.45) is 11.7 Å². The molecule has 3 nitrogen and oxygen atoms in total. The van der Waals surface area contributed by atoms with E-state index in [2.05, 4.69) is 34.0 Å². The molecule has 0 aromatic carbocycles. The number of hydrogen-bond donors (Lipinski definition) is 1. The average molecular weight is 293 g/mol. The molecule has 0 radical (unpaired) electrons. The Bertz CT molecular complexity index is 521. The first-order valence-electron chi connectivity index (χ1n) is 6.67. The van der Waals surface area contributed by atoms with Gasteiger partial charge in [0.2, 0.25) is 0 Å². The molecule has 2 unspecified atom stereocenters. The van der Waals surface area contributed by atoms with Crippen molar-refractivity contribution in [3.8, 4) is 10.6 Å². The zero-order chi connectivity index (χ0) is 13.2. The highest BCUT2D eigenvalue weighted by molar-refractivity contribution is 7.14. The average Bonchev–Trinajstić information content (AvgIpc) is 3.11. The number of thiazole rings is 1. The van der Waals surface area contributed by atoms with Gasteiger partial charge < -0.3 is 5.73 Å². The molecule has 0 spiro atoms. The molecule has 3 heterocycles. The molecule has 102 valence electrons. The molecule has 2 N–H and O–H groups in total. The summed E-state index contributed by atoms with van der Waals surface area (Å²) in [7, 11) is 0. The van der Waals surface area contributed by atoms with Gasteiger partial charge in [-0.1, -0.05) is 0 Å². The molecule has 0 bridgehead atoms. The van der Waals surface area contributed by atoms with Crippen molar-refractivity contribution in [3.63, 3.8) is 0 Å². The van der Waals surface area contributed by atoms with Crippen molar-refractivity contribution in [3.05, 3.63) is 27.9 Å². The molecule has 1 aliphatic rings. The molecule has 0 amide bonds. The summed E-state index contributed by atoms with van der Waals surface area (Å²) in [6.45, 7) is 5.17. The van der Waals surface area contributed by atoms with Crippen LogP contribution in [0.2, 0.25) is 0 Å². The van der Waals surface area contributed by atoms with Crippen LogP contribution in [0.4, 0.5) is 0 Å². The van der Waals surface area contributed by atoms with E-state index in [0.717, 1.165) is 24.6 Å².